The molecular weight excluding hydrogens is 366 g/mol. The lowest BCUT2D eigenvalue weighted by molar-refractivity contribution is 0.0105. The molecule has 0 saturated heterocycles. The Hall–Kier alpha value is -2.70. The smallest absolute Gasteiger partial charge is 0.263 e. The Morgan fingerprint density at radius 1 is 1.17 bits per heavy atom. The Balaban J connectivity index is 1.34. The van der Waals surface area contributed by atoms with Crippen LogP contribution in [0.4, 0.5) is 17.3 Å². The van der Waals surface area contributed by atoms with Crippen LogP contribution in [0.25, 0.3) is 0 Å². The van der Waals surface area contributed by atoms with Gasteiger partial charge in [-0.25, -0.2) is 0 Å². The molecule has 1 aromatic carbocycles. The molecule has 1 aromatic heterocycles. The molecule has 4 bridgehead atoms. The number of aromatic amines is 1. The predicted octanol–water partition coefficient (Wildman–Crippen LogP) is 4.02. The SMILES string of the molecule is CCOc1ccc(NC(=O)c2c(NC34CC5CC(CC(C5)C3)C4)n[nH]c2N)cc1. The average molecular weight is 396 g/mol. The second-order valence-corrected chi connectivity index (χ2v) is 9.10. The Kier molecular flexibility index (Phi) is 4.41. The van der Waals surface area contributed by atoms with Gasteiger partial charge in [0, 0.05) is 11.2 Å². The van der Waals surface area contributed by atoms with E-state index in [9.17, 15) is 4.79 Å². The fourth-order valence-electron chi connectivity index (χ4n) is 6.19. The highest BCUT2D eigenvalue weighted by molar-refractivity contribution is 6.10. The van der Waals surface area contributed by atoms with Crippen LogP contribution in [-0.4, -0.2) is 28.3 Å². The first-order valence-electron chi connectivity index (χ1n) is 10.7. The van der Waals surface area contributed by atoms with E-state index in [0.29, 0.717) is 29.5 Å². The zero-order valence-electron chi connectivity index (χ0n) is 16.8. The van der Waals surface area contributed by atoms with E-state index < -0.39 is 0 Å². The van der Waals surface area contributed by atoms with Crippen LogP contribution < -0.4 is 21.1 Å². The van der Waals surface area contributed by atoms with Gasteiger partial charge in [0.2, 0.25) is 0 Å². The van der Waals surface area contributed by atoms with E-state index in [2.05, 4.69) is 20.8 Å². The summed E-state index contributed by atoms with van der Waals surface area (Å²) in [4.78, 5) is 13.0. The number of nitrogens with zero attached hydrogens (tertiary/aromatic N) is 1. The van der Waals surface area contributed by atoms with Crippen molar-refractivity contribution in [2.45, 2.75) is 51.0 Å². The van der Waals surface area contributed by atoms with Gasteiger partial charge in [0.25, 0.3) is 5.91 Å². The normalized spacial score (nSPS) is 29.6. The van der Waals surface area contributed by atoms with Gasteiger partial charge in [0.15, 0.2) is 5.82 Å². The fraction of sp³-hybridized carbons (Fsp3) is 0.545. The number of benzene rings is 1. The van der Waals surface area contributed by atoms with Gasteiger partial charge >= 0.3 is 0 Å². The second kappa shape index (κ2) is 6.97. The van der Waals surface area contributed by atoms with E-state index in [1.54, 1.807) is 0 Å². The summed E-state index contributed by atoms with van der Waals surface area (Å²) in [6.07, 6.45) is 7.63. The Morgan fingerprint density at radius 2 is 1.79 bits per heavy atom. The number of carbonyl (C=O) groups excluding carboxylic acids is 1. The lowest BCUT2D eigenvalue weighted by Gasteiger charge is -2.57. The van der Waals surface area contributed by atoms with Crippen LogP contribution in [0.1, 0.15) is 55.8 Å². The molecule has 4 saturated carbocycles. The highest BCUT2D eigenvalue weighted by atomic mass is 16.5. The predicted molar refractivity (Wildman–Crippen MR) is 113 cm³/mol. The topological polar surface area (TPSA) is 105 Å². The summed E-state index contributed by atoms with van der Waals surface area (Å²) in [5.74, 6) is 3.82. The molecule has 1 heterocycles. The summed E-state index contributed by atoms with van der Waals surface area (Å²) in [5, 5.41) is 13.7. The molecule has 0 radical (unpaired) electrons. The zero-order chi connectivity index (χ0) is 20.0. The maximum atomic E-state index is 13.0. The third kappa shape index (κ3) is 3.43. The molecule has 2 aromatic rings. The van der Waals surface area contributed by atoms with Gasteiger partial charge in [-0.05, 0) is 87.5 Å². The van der Waals surface area contributed by atoms with Crippen molar-refractivity contribution in [1.82, 2.24) is 10.2 Å². The summed E-state index contributed by atoms with van der Waals surface area (Å²) in [6, 6.07) is 7.33. The quantitative estimate of drug-likeness (QED) is 0.591. The van der Waals surface area contributed by atoms with E-state index in [1.165, 1.54) is 38.5 Å². The Labute approximate surface area is 170 Å². The largest absolute Gasteiger partial charge is 0.494 e. The number of nitrogen functional groups attached to an aromatic ring is 1. The minimum atomic E-state index is -0.257. The lowest BCUT2D eigenvalue weighted by Crippen LogP contribution is -2.55. The minimum absolute atomic E-state index is 0.0601. The van der Waals surface area contributed by atoms with Crippen molar-refractivity contribution in [3.8, 4) is 5.75 Å². The summed E-state index contributed by atoms with van der Waals surface area (Å²) in [5.41, 5.74) is 7.24. The third-order valence-corrected chi connectivity index (χ3v) is 6.87. The van der Waals surface area contributed by atoms with Gasteiger partial charge in [0.05, 0.1) is 6.61 Å². The average Bonchev–Trinajstić information content (AvgIpc) is 3.02. The molecule has 1 amide bonds. The summed E-state index contributed by atoms with van der Waals surface area (Å²) in [6.45, 7) is 2.55. The molecule has 7 nitrogen and oxygen atoms in total. The number of ether oxygens (including phenoxy) is 1. The second-order valence-electron chi connectivity index (χ2n) is 9.10. The van der Waals surface area contributed by atoms with Gasteiger partial charge in [-0.15, -0.1) is 0 Å². The van der Waals surface area contributed by atoms with E-state index in [0.717, 1.165) is 23.5 Å². The number of H-pyrrole nitrogens is 1. The van der Waals surface area contributed by atoms with Crippen molar-refractivity contribution in [2.24, 2.45) is 17.8 Å². The third-order valence-electron chi connectivity index (χ3n) is 6.87. The number of anilines is 3. The van der Waals surface area contributed by atoms with Crippen molar-refractivity contribution >= 4 is 23.2 Å². The van der Waals surface area contributed by atoms with Gasteiger partial charge in [0.1, 0.15) is 17.1 Å². The molecule has 0 atom stereocenters. The summed E-state index contributed by atoms with van der Waals surface area (Å²) >= 11 is 0. The molecule has 0 aliphatic heterocycles. The molecule has 29 heavy (non-hydrogen) atoms. The Morgan fingerprint density at radius 3 is 2.38 bits per heavy atom. The number of rotatable bonds is 6. The van der Waals surface area contributed by atoms with Crippen molar-refractivity contribution < 1.29 is 9.53 Å². The van der Waals surface area contributed by atoms with Gasteiger partial charge < -0.3 is 21.1 Å². The minimum Gasteiger partial charge on any atom is -0.494 e. The standard InChI is InChI=1S/C22H29N5O2/c1-2-29-17-5-3-16(4-6-17)24-21(28)18-19(23)26-27-20(18)25-22-10-13-7-14(11-22)9-15(8-13)12-22/h3-6,13-15H,2,7-12H2,1H3,(H,24,28)(H4,23,25,26,27). The number of nitrogens with two attached hydrogens (primary N) is 1. The molecule has 154 valence electrons. The fourth-order valence-corrected chi connectivity index (χ4v) is 6.19. The first kappa shape index (κ1) is 18.3. The van der Waals surface area contributed by atoms with Crippen LogP contribution in [0.3, 0.4) is 0 Å². The van der Waals surface area contributed by atoms with Gasteiger partial charge in [-0.1, -0.05) is 0 Å². The molecule has 5 N–H and O–H groups in total. The highest BCUT2D eigenvalue weighted by Gasteiger charge is 2.51. The highest BCUT2D eigenvalue weighted by Crippen LogP contribution is 2.56. The molecule has 6 rings (SSSR count). The number of aromatic nitrogens is 2. The number of hydrogen-bond donors (Lipinski definition) is 4. The first-order chi connectivity index (χ1) is 14.0. The number of carbonyl (C=O) groups is 1. The monoisotopic (exact) mass is 395 g/mol. The number of hydrogen-bond acceptors (Lipinski definition) is 5. The maximum absolute atomic E-state index is 13.0. The van der Waals surface area contributed by atoms with Crippen molar-refractivity contribution in [3.05, 3.63) is 29.8 Å². The van der Waals surface area contributed by atoms with Crippen LogP contribution in [-0.2, 0) is 0 Å². The van der Waals surface area contributed by atoms with Crippen LogP contribution in [0.2, 0.25) is 0 Å². The summed E-state index contributed by atoms with van der Waals surface area (Å²) in [7, 11) is 0. The molecular formula is C22H29N5O2. The molecule has 0 unspecified atom stereocenters. The van der Waals surface area contributed by atoms with Crippen LogP contribution in [0.15, 0.2) is 24.3 Å². The first-order valence-corrected chi connectivity index (χ1v) is 10.7. The van der Waals surface area contributed by atoms with E-state index in [1.807, 2.05) is 31.2 Å². The van der Waals surface area contributed by atoms with Crippen molar-refractivity contribution in [3.63, 3.8) is 0 Å². The van der Waals surface area contributed by atoms with Crippen molar-refractivity contribution in [2.75, 3.05) is 23.0 Å². The number of nitrogens with one attached hydrogen (secondary N) is 3. The molecule has 7 heteroatoms. The molecule has 4 aliphatic carbocycles. The van der Waals surface area contributed by atoms with E-state index >= 15 is 0 Å². The number of amides is 1. The van der Waals surface area contributed by atoms with Crippen molar-refractivity contribution in [1.29, 1.82) is 0 Å². The molecule has 4 aliphatic rings. The van der Waals surface area contributed by atoms with Crippen LogP contribution >= 0.6 is 0 Å². The van der Waals surface area contributed by atoms with Gasteiger partial charge in [-0.2, -0.15) is 5.10 Å². The van der Waals surface area contributed by atoms with Crippen LogP contribution in [0, 0.1) is 17.8 Å². The Bertz CT molecular complexity index is 869. The zero-order valence-corrected chi connectivity index (χ0v) is 16.8. The molecule has 4 fully saturated rings. The maximum Gasteiger partial charge on any atom is 0.263 e. The summed E-state index contributed by atoms with van der Waals surface area (Å²) < 4.78 is 5.45. The molecule has 0 spiro atoms. The van der Waals surface area contributed by atoms with Gasteiger partial charge in [-0.3, -0.25) is 9.89 Å². The lowest BCUT2D eigenvalue weighted by atomic mass is 9.53. The van der Waals surface area contributed by atoms with Crippen LogP contribution in [0.5, 0.6) is 5.75 Å². The van der Waals surface area contributed by atoms with E-state index in [-0.39, 0.29) is 11.4 Å². The van der Waals surface area contributed by atoms with E-state index in [4.69, 9.17) is 10.5 Å².